The first kappa shape index (κ1) is 13.2. The average Bonchev–Trinajstić information content (AvgIpc) is 3.09. The molecule has 3 aromatic rings. The molecule has 1 aromatic carbocycles. The molecule has 0 spiro atoms. The van der Waals surface area contributed by atoms with Crippen LogP contribution in [0.1, 0.15) is 25.7 Å². The van der Waals surface area contributed by atoms with Gasteiger partial charge in [0.1, 0.15) is 0 Å². The summed E-state index contributed by atoms with van der Waals surface area (Å²) in [5, 5.41) is 1.05. The summed E-state index contributed by atoms with van der Waals surface area (Å²) in [6.45, 7) is 0. The Kier molecular flexibility index (Phi) is 3.16. The molecule has 2 aromatic heterocycles. The number of ketones is 1. The van der Waals surface area contributed by atoms with Crippen LogP contribution >= 0.6 is 23.1 Å². The molecule has 0 bridgehead atoms. The van der Waals surface area contributed by atoms with Gasteiger partial charge >= 0.3 is 0 Å². The Morgan fingerprint density at radius 3 is 3.00 bits per heavy atom. The predicted octanol–water partition coefficient (Wildman–Crippen LogP) is 4.26. The van der Waals surface area contributed by atoms with Gasteiger partial charge in [0.2, 0.25) is 5.78 Å². The fraction of sp³-hybridized carbons (Fsp3) is 0.235. The summed E-state index contributed by atoms with van der Waals surface area (Å²) >= 11 is 3.64. The monoisotopic (exact) mass is 313 g/mol. The Hall–Kier alpha value is -1.52. The van der Waals surface area contributed by atoms with Crippen LogP contribution in [0.3, 0.4) is 0 Å². The number of aromatic nitrogens is 1. The molecule has 0 amide bonds. The molecule has 0 unspecified atom stereocenters. The first-order valence-electron chi connectivity index (χ1n) is 7.02. The molecule has 0 N–H and O–H groups in total. The molecular weight excluding hydrogens is 298 g/mol. The normalized spacial score (nSPS) is 14.3. The van der Waals surface area contributed by atoms with Gasteiger partial charge in [-0.25, -0.2) is 0 Å². The Morgan fingerprint density at radius 2 is 2.14 bits per heavy atom. The van der Waals surface area contributed by atoms with Crippen molar-refractivity contribution >= 4 is 39.8 Å². The van der Waals surface area contributed by atoms with Crippen LogP contribution in [0.4, 0.5) is 0 Å². The third kappa shape index (κ3) is 2.14. The van der Waals surface area contributed by atoms with E-state index in [1.54, 1.807) is 11.3 Å². The molecule has 106 valence electrons. The van der Waals surface area contributed by atoms with Crippen molar-refractivity contribution < 1.29 is 4.79 Å². The second-order valence-corrected chi connectivity index (χ2v) is 7.60. The third-order valence-electron chi connectivity index (χ3n) is 3.99. The number of thioether (sulfide) groups is 1. The molecule has 3 heterocycles. The zero-order valence-corrected chi connectivity index (χ0v) is 13.4. The Morgan fingerprint density at radius 1 is 1.29 bits per heavy atom. The number of nitrogens with zero attached hydrogens (tertiary/aromatic N) is 1. The van der Waals surface area contributed by atoms with Crippen molar-refractivity contribution in [2.75, 3.05) is 5.75 Å². The molecule has 1 aliphatic heterocycles. The SMILES string of the molecule is Cn1cc(C(=O)c2cc3c(s2)CCSC3)c2ccccc21. The highest BCUT2D eigenvalue weighted by Gasteiger charge is 2.21. The second-order valence-electron chi connectivity index (χ2n) is 5.36. The number of hydrogen-bond donors (Lipinski definition) is 0. The molecule has 1 aliphatic rings. The fourth-order valence-electron chi connectivity index (χ4n) is 2.91. The maximum atomic E-state index is 12.9. The summed E-state index contributed by atoms with van der Waals surface area (Å²) < 4.78 is 2.03. The minimum atomic E-state index is 0.163. The highest BCUT2D eigenvalue weighted by Crippen LogP contribution is 2.33. The van der Waals surface area contributed by atoms with Gasteiger partial charge in [-0.3, -0.25) is 4.79 Å². The Labute approximate surface area is 131 Å². The lowest BCUT2D eigenvalue weighted by Crippen LogP contribution is -1.97. The van der Waals surface area contributed by atoms with Gasteiger partial charge in [-0.2, -0.15) is 11.8 Å². The first-order chi connectivity index (χ1) is 10.2. The number of carbonyl (C=O) groups is 1. The Bertz CT molecular complexity index is 820. The van der Waals surface area contributed by atoms with Gasteiger partial charge in [0.15, 0.2) is 0 Å². The van der Waals surface area contributed by atoms with E-state index in [1.165, 1.54) is 16.2 Å². The van der Waals surface area contributed by atoms with Gasteiger partial charge in [-0.15, -0.1) is 11.3 Å². The Balaban J connectivity index is 1.81. The van der Waals surface area contributed by atoms with Gasteiger partial charge < -0.3 is 4.57 Å². The minimum absolute atomic E-state index is 0.163. The summed E-state index contributed by atoms with van der Waals surface area (Å²) in [6.07, 6.45) is 3.06. The number of aryl methyl sites for hydroxylation is 2. The van der Waals surface area contributed by atoms with E-state index in [0.717, 1.165) is 33.5 Å². The number of hydrogen-bond acceptors (Lipinski definition) is 3. The molecule has 0 aliphatic carbocycles. The molecule has 0 saturated carbocycles. The van der Waals surface area contributed by atoms with Crippen molar-refractivity contribution in [1.82, 2.24) is 4.57 Å². The molecule has 2 nitrogen and oxygen atoms in total. The largest absolute Gasteiger partial charge is 0.350 e. The van der Waals surface area contributed by atoms with Crippen LogP contribution in [0.2, 0.25) is 0 Å². The number of benzene rings is 1. The molecule has 0 atom stereocenters. The zero-order valence-electron chi connectivity index (χ0n) is 11.8. The maximum absolute atomic E-state index is 12.9. The van der Waals surface area contributed by atoms with Gasteiger partial charge in [0.25, 0.3) is 0 Å². The van der Waals surface area contributed by atoms with Gasteiger partial charge in [-0.1, -0.05) is 18.2 Å². The van der Waals surface area contributed by atoms with E-state index in [9.17, 15) is 4.79 Å². The lowest BCUT2D eigenvalue weighted by molar-refractivity contribution is 0.104. The van der Waals surface area contributed by atoms with Crippen LogP contribution in [-0.2, 0) is 19.2 Å². The lowest BCUT2D eigenvalue weighted by Gasteiger charge is -2.08. The molecular formula is C17H15NOS2. The number of para-hydroxylation sites is 1. The summed E-state index contributed by atoms with van der Waals surface area (Å²) in [6, 6.07) is 10.2. The summed E-state index contributed by atoms with van der Waals surface area (Å²) in [5.41, 5.74) is 3.29. The van der Waals surface area contributed by atoms with Crippen LogP contribution in [0.5, 0.6) is 0 Å². The zero-order chi connectivity index (χ0) is 14.4. The van der Waals surface area contributed by atoms with Crippen LogP contribution in [-0.4, -0.2) is 16.1 Å². The quantitative estimate of drug-likeness (QED) is 0.659. The second kappa shape index (κ2) is 5.04. The molecule has 0 saturated heterocycles. The number of rotatable bonds is 2. The van der Waals surface area contributed by atoms with E-state index in [-0.39, 0.29) is 5.78 Å². The van der Waals surface area contributed by atoms with Crippen molar-refractivity contribution in [1.29, 1.82) is 0 Å². The van der Waals surface area contributed by atoms with E-state index < -0.39 is 0 Å². The smallest absolute Gasteiger partial charge is 0.205 e. The molecule has 21 heavy (non-hydrogen) atoms. The fourth-order valence-corrected chi connectivity index (χ4v) is 5.24. The van der Waals surface area contributed by atoms with Gasteiger partial charge in [-0.05, 0) is 29.9 Å². The number of fused-ring (bicyclic) bond motifs is 2. The highest BCUT2D eigenvalue weighted by atomic mass is 32.2. The van der Waals surface area contributed by atoms with Gasteiger partial charge in [0, 0.05) is 40.3 Å². The predicted molar refractivity (Wildman–Crippen MR) is 90.5 cm³/mol. The lowest BCUT2D eigenvalue weighted by atomic mass is 10.1. The average molecular weight is 313 g/mol. The number of carbonyl (C=O) groups excluding carboxylic acids is 1. The van der Waals surface area contributed by atoms with Crippen molar-refractivity contribution in [2.45, 2.75) is 12.2 Å². The molecule has 0 fully saturated rings. The summed E-state index contributed by atoms with van der Waals surface area (Å²) in [7, 11) is 2.00. The number of thiophene rings is 1. The molecule has 4 rings (SSSR count). The van der Waals surface area contributed by atoms with E-state index in [0.29, 0.717) is 0 Å². The minimum Gasteiger partial charge on any atom is -0.350 e. The van der Waals surface area contributed by atoms with Crippen molar-refractivity contribution in [3.05, 3.63) is 57.4 Å². The van der Waals surface area contributed by atoms with Crippen LogP contribution < -0.4 is 0 Å². The maximum Gasteiger partial charge on any atom is 0.205 e. The van der Waals surface area contributed by atoms with E-state index in [1.807, 2.05) is 47.8 Å². The highest BCUT2D eigenvalue weighted by molar-refractivity contribution is 7.98. The van der Waals surface area contributed by atoms with Crippen molar-refractivity contribution in [2.24, 2.45) is 7.05 Å². The van der Waals surface area contributed by atoms with E-state index in [4.69, 9.17) is 0 Å². The summed E-state index contributed by atoms with van der Waals surface area (Å²) in [4.78, 5) is 15.2. The van der Waals surface area contributed by atoms with E-state index >= 15 is 0 Å². The first-order valence-corrected chi connectivity index (χ1v) is 8.99. The third-order valence-corrected chi connectivity index (χ3v) is 6.24. The summed E-state index contributed by atoms with van der Waals surface area (Å²) in [5.74, 6) is 2.39. The van der Waals surface area contributed by atoms with Crippen molar-refractivity contribution in [3.63, 3.8) is 0 Å². The van der Waals surface area contributed by atoms with Crippen molar-refractivity contribution in [3.8, 4) is 0 Å². The van der Waals surface area contributed by atoms with Crippen LogP contribution in [0.15, 0.2) is 36.5 Å². The van der Waals surface area contributed by atoms with Crippen LogP contribution in [0, 0.1) is 0 Å². The molecule has 4 heteroatoms. The van der Waals surface area contributed by atoms with Gasteiger partial charge in [0.05, 0.1) is 4.88 Å². The van der Waals surface area contributed by atoms with E-state index in [2.05, 4.69) is 12.1 Å². The standard InChI is InChI=1S/C17H15NOS2/c1-18-9-13(12-4-2-3-5-14(12)18)17(19)16-8-11-10-20-7-6-15(11)21-16/h2-5,8-9H,6-7,10H2,1H3. The van der Waals surface area contributed by atoms with Crippen LogP contribution in [0.25, 0.3) is 10.9 Å². The topological polar surface area (TPSA) is 22.0 Å². The molecule has 0 radical (unpaired) electrons.